The van der Waals surface area contributed by atoms with E-state index in [1.165, 1.54) is 11.1 Å². The third kappa shape index (κ3) is 5.46. The molecular formula is C18H21BrClN. The Bertz CT molecular complexity index is 581. The van der Waals surface area contributed by atoms with Crippen molar-refractivity contribution < 1.29 is 0 Å². The summed E-state index contributed by atoms with van der Waals surface area (Å²) in [5.41, 5.74) is 2.71. The molecule has 1 N–H and O–H groups in total. The number of aryl methyl sites for hydroxylation is 1. The molecule has 2 rings (SSSR count). The lowest BCUT2D eigenvalue weighted by molar-refractivity contribution is 0.360. The molecule has 0 fully saturated rings. The molecule has 0 atom stereocenters. The lowest BCUT2D eigenvalue weighted by Crippen LogP contribution is -2.39. The lowest BCUT2D eigenvalue weighted by atomic mass is 9.95. The van der Waals surface area contributed by atoms with Gasteiger partial charge in [-0.15, -0.1) is 0 Å². The van der Waals surface area contributed by atoms with Gasteiger partial charge in [-0.05, 0) is 49.9 Å². The predicted octanol–water partition coefficient (Wildman–Crippen LogP) is 5.60. The Morgan fingerprint density at radius 1 is 1.10 bits per heavy atom. The van der Waals surface area contributed by atoms with Crippen molar-refractivity contribution in [2.24, 2.45) is 0 Å². The van der Waals surface area contributed by atoms with Gasteiger partial charge in [0.1, 0.15) is 0 Å². The van der Waals surface area contributed by atoms with E-state index in [4.69, 9.17) is 11.6 Å². The minimum Gasteiger partial charge on any atom is -0.308 e. The van der Waals surface area contributed by atoms with E-state index in [0.717, 1.165) is 28.9 Å². The first-order valence-corrected chi connectivity index (χ1v) is 8.36. The van der Waals surface area contributed by atoms with Gasteiger partial charge in [0.2, 0.25) is 0 Å². The van der Waals surface area contributed by atoms with Gasteiger partial charge in [0.25, 0.3) is 0 Å². The first kappa shape index (κ1) is 16.5. The van der Waals surface area contributed by atoms with Gasteiger partial charge in [-0.2, -0.15) is 0 Å². The second-order valence-corrected chi connectivity index (χ2v) is 7.25. The van der Waals surface area contributed by atoms with Crippen LogP contribution >= 0.6 is 27.5 Å². The van der Waals surface area contributed by atoms with Crippen LogP contribution in [0.1, 0.15) is 31.4 Å². The minimum atomic E-state index is 0.0922. The van der Waals surface area contributed by atoms with Crippen LogP contribution in [0.25, 0.3) is 0 Å². The summed E-state index contributed by atoms with van der Waals surface area (Å²) in [6, 6.07) is 16.6. The van der Waals surface area contributed by atoms with E-state index in [-0.39, 0.29) is 5.54 Å². The van der Waals surface area contributed by atoms with E-state index in [1.807, 2.05) is 12.1 Å². The first-order chi connectivity index (χ1) is 9.96. The highest BCUT2D eigenvalue weighted by molar-refractivity contribution is 9.10. The highest BCUT2D eigenvalue weighted by Crippen LogP contribution is 2.22. The molecule has 0 amide bonds. The van der Waals surface area contributed by atoms with E-state index < -0.39 is 0 Å². The van der Waals surface area contributed by atoms with Gasteiger partial charge >= 0.3 is 0 Å². The van der Waals surface area contributed by atoms with Crippen LogP contribution in [0.4, 0.5) is 0 Å². The smallest absolute Gasteiger partial charge is 0.0417 e. The predicted molar refractivity (Wildman–Crippen MR) is 94.8 cm³/mol. The van der Waals surface area contributed by atoms with Crippen molar-refractivity contribution in [3.8, 4) is 0 Å². The second kappa shape index (κ2) is 7.44. The van der Waals surface area contributed by atoms with Gasteiger partial charge < -0.3 is 5.32 Å². The topological polar surface area (TPSA) is 12.0 Å². The zero-order valence-corrected chi connectivity index (χ0v) is 14.8. The molecule has 0 saturated carbocycles. The van der Waals surface area contributed by atoms with E-state index in [9.17, 15) is 0 Å². The highest BCUT2D eigenvalue weighted by atomic mass is 79.9. The van der Waals surface area contributed by atoms with Gasteiger partial charge in [0, 0.05) is 21.6 Å². The summed E-state index contributed by atoms with van der Waals surface area (Å²) in [4.78, 5) is 0. The van der Waals surface area contributed by atoms with Gasteiger partial charge in [-0.3, -0.25) is 0 Å². The molecular weight excluding hydrogens is 346 g/mol. The zero-order chi connectivity index (χ0) is 15.3. The molecule has 0 unspecified atom stereocenters. The number of hydrogen-bond acceptors (Lipinski definition) is 1. The lowest BCUT2D eigenvalue weighted by Gasteiger charge is -2.27. The Hall–Kier alpha value is -0.830. The molecule has 0 aliphatic carbocycles. The second-order valence-electron chi connectivity index (χ2n) is 5.96. The van der Waals surface area contributed by atoms with Crippen molar-refractivity contribution in [2.75, 3.05) is 0 Å². The molecule has 0 aliphatic heterocycles. The Morgan fingerprint density at radius 2 is 1.81 bits per heavy atom. The van der Waals surface area contributed by atoms with Crippen molar-refractivity contribution in [3.63, 3.8) is 0 Å². The van der Waals surface area contributed by atoms with Crippen LogP contribution < -0.4 is 5.32 Å². The maximum atomic E-state index is 5.97. The minimum absolute atomic E-state index is 0.0922. The molecule has 21 heavy (non-hydrogen) atoms. The van der Waals surface area contributed by atoms with E-state index in [0.29, 0.717) is 0 Å². The third-order valence-corrected chi connectivity index (χ3v) is 4.63. The normalized spacial score (nSPS) is 11.6. The van der Waals surface area contributed by atoms with Crippen molar-refractivity contribution in [2.45, 2.75) is 38.8 Å². The summed E-state index contributed by atoms with van der Waals surface area (Å²) in [6.07, 6.45) is 2.19. The van der Waals surface area contributed by atoms with Crippen LogP contribution in [0.3, 0.4) is 0 Å². The average molecular weight is 367 g/mol. The van der Waals surface area contributed by atoms with Crippen LogP contribution in [0.5, 0.6) is 0 Å². The van der Waals surface area contributed by atoms with Crippen LogP contribution in [0.15, 0.2) is 53.0 Å². The Morgan fingerprint density at radius 3 is 2.48 bits per heavy atom. The fraction of sp³-hybridized carbons (Fsp3) is 0.333. The van der Waals surface area contributed by atoms with Crippen LogP contribution in [0.2, 0.25) is 5.02 Å². The molecule has 0 bridgehead atoms. The summed E-state index contributed by atoms with van der Waals surface area (Å²) < 4.78 is 1.06. The van der Waals surface area contributed by atoms with Gasteiger partial charge in [0.05, 0.1) is 0 Å². The van der Waals surface area contributed by atoms with E-state index >= 15 is 0 Å². The van der Waals surface area contributed by atoms with Crippen molar-refractivity contribution in [1.29, 1.82) is 0 Å². The largest absolute Gasteiger partial charge is 0.308 e. The number of hydrogen-bond donors (Lipinski definition) is 1. The molecule has 2 aromatic rings. The highest BCUT2D eigenvalue weighted by Gasteiger charge is 2.17. The van der Waals surface area contributed by atoms with Crippen molar-refractivity contribution >= 4 is 27.5 Å². The summed E-state index contributed by atoms with van der Waals surface area (Å²) in [7, 11) is 0. The molecule has 0 saturated heterocycles. The molecule has 0 heterocycles. The SMILES string of the molecule is CC(C)(CCc1ccccc1)NCc1ccc(Cl)cc1Br. The van der Waals surface area contributed by atoms with Crippen molar-refractivity contribution in [1.82, 2.24) is 5.32 Å². The molecule has 2 aromatic carbocycles. The molecule has 112 valence electrons. The maximum absolute atomic E-state index is 5.97. The standard InChI is InChI=1S/C18H21BrClN/c1-18(2,11-10-14-6-4-3-5-7-14)21-13-15-8-9-16(20)12-17(15)19/h3-9,12,21H,10-11,13H2,1-2H3. The fourth-order valence-electron chi connectivity index (χ4n) is 2.19. The Labute approximate surface area is 140 Å². The summed E-state index contributed by atoms with van der Waals surface area (Å²) in [5.74, 6) is 0. The summed E-state index contributed by atoms with van der Waals surface area (Å²) >= 11 is 9.54. The summed E-state index contributed by atoms with van der Waals surface area (Å²) in [6.45, 7) is 5.33. The Balaban J connectivity index is 1.88. The molecule has 0 aliphatic rings. The zero-order valence-electron chi connectivity index (χ0n) is 12.5. The monoisotopic (exact) mass is 365 g/mol. The summed E-state index contributed by atoms with van der Waals surface area (Å²) in [5, 5.41) is 4.39. The van der Waals surface area contributed by atoms with Crippen LogP contribution in [-0.2, 0) is 13.0 Å². The number of halogens is 2. The van der Waals surface area contributed by atoms with E-state index in [2.05, 4.69) is 71.5 Å². The quantitative estimate of drug-likeness (QED) is 0.701. The average Bonchev–Trinajstić information content (AvgIpc) is 2.45. The maximum Gasteiger partial charge on any atom is 0.0417 e. The number of nitrogens with one attached hydrogen (secondary N) is 1. The third-order valence-electron chi connectivity index (χ3n) is 3.65. The van der Waals surface area contributed by atoms with Gasteiger partial charge in [0.15, 0.2) is 0 Å². The Kier molecular flexibility index (Phi) is 5.86. The number of benzene rings is 2. The van der Waals surface area contributed by atoms with Crippen LogP contribution in [0, 0.1) is 0 Å². The van der Waals surface area contributed by atoms with E-state index in [1.54, 1.807) is 0 Å². The first-order valence-electron chi connectivity index (χ1n) is 7.19. The molecule has 0 aromatic heterocycles. The van der Waals surface area contributed by atoms with Gasteiger partial charge in [-0.25, -0.2) is 0 Å². The molecule has 3 heteroatoms. The van der Waals surface area contributed by atoms with Crippen molar-refractivity contribution in [3.05, 3.63) is 69.2 Å². The molecule has 0 spiro atoms. The molecule has 1 nitrogen and oxygen atoms in total. The molecule has 0 radical (unpaired) electrons. The van der Waals surface area contributed by atoms with Crippen LogP contribution in [-0.4, -0.2) is 5.54 Å². The fourth-order valence-corrected chi connectivity index (χ4v) is 3.01. The van der Waals surface area contributed by atoms with Gasteiger partial charge in [-0.1, -0.05) is 63.9 Å². The number of rotatable bonds is 6.